The van der Waals surface area contributed by atoms with Crippen LogP contribution in [0.5, 0.6) is 0 Å². The van der Waals surface area contributed by atoms with Crippen molar-refractivity contribution in [3.63, 3.8) is 0 Å². The highest BCUT2D eigenvalue weighted by Crippen LogP contribution is 2.18. The van der Waals surface area contributed by atoms with Crippen molar-refractivity contribution in [1.82, 2.24) is 9.29 Å². The van der Waals surface area contributed by atoms with E-state index < -0.39 is 10.0 Å². The van der Waals surface area contributed by atoms with Gasteiger partial charge in [0.1, 0.15) is 0 Å². The molecular formula is C17H23N3O3S2. The van der Waals surface area contributed by atoms with E-state index in [0.717, 1.165) is 18.4 Å². The molecule has 0 aliphatic carbocycles. The Morgan fingerprint density at radius 3 is 2.56 bits per heavy atom. The maximum atomic E-state index is 12.9. The molecule has 1 amide bonds. The molecule has 1 heterocycles. The Labute approximate surface area is 153 Å². The zero-order valence-corrected chi connectivity index (χ0v) is 16.1. The summed E-state index contributed by atoms with van der Waals surface area (Å²) in [5.74, 6) is -0.387. The predicted octanol–water partition coefficient (Wildman–Crippen LogP) is 3.27. The number of aryl methyl sites for hydroxylation is 1. The molecule has 8 heteroatoms. The maximum absolute atomic E-state index is 12.9. The SMILES string of the molecule is CCCCCN(CC(=O)Nc1nccs1)S(=O)(=O)c1ccc(C)cc1. The van der Waals surface area contributed by atoms with Crippen molar-refractivity contribution in [1.29, 1.82) is 0 Å². The highest BCUT2D eigenvalue weighted by Gasteiger charge is 2.26. The van der Waals surface area contributed by atoms with Gasteiger partial charge in [-0.2, -0.15) is 4.31 Å². The first-order valence-corrected chi connectivity index (χ1v) is 10.5. The topological polar surface area (TPSA) is 79.4 Å². The van der Waals surface area contributed by atoms with Crippen LogP contribution in [0.4, 0.5) is 5.13 Å². The first-order valence-electron chi connectivity index (χ1n) is 8.19. The molecule has 1 N–H and O–H groups in total. The average molecular weight is 382 g/mol. The van der Waals surface area contributed by atoms with Gasteiger partial charge in [-0.25, -0.2) is 13.4 Å². The second-order valence-electron chi connectivity index (χ2n) is 5.74. The van der Waals surface area contributed by atoms with Crippen molar-refractivity contribution in [2.24, 2.45) is 0 Å². The Bertz CT molecular complexity index is 772. The molecule has 1 aromatic heterocycles. The van der Waals surface area contributed by atoms with E-state index in [9.17, 15) is 13.2 Å². The van der Waals surface area contributed by atoms with Crippen LogP contribution in [0.1, 0.15) is 31.7 Å². The standard InChI is InChI=1S/C17H23N3O3S2/c1-3-4-5-11-20(13-16(21)19-17-18-10-12-24-17)25(22,23)15-8-6-14(2)7-9-15/h6-10,12H,3-5,11,13H2,1-2H3,(H,18,19,21). The number of benzene rings is 1. The van der Waals surface area contributed by atoms with E-state index in [0.29, 0.717) is 18.1 Å². The molecule has 6 nitrogen and oxygen atoms in total. The van der Waals surface area contributed by atoms with Gasteiger partial charge in [-0.1, -0.05) is 37.5 Å². The molecule has 25 heavy (non-hydrogen) atoms. The van der Waals surface area contributed by atoms with Crippen LogP contribution in [0.3, 0.4) is 0 Å². The number of amides is 1. The van der Waals surface area contributed by atoms with Crippen molar-refractivity contribution >= 4 is 32.4 Å². The molecule has 0 unspecified atom stereocenters. The third-order valence-electron chi connectivity index (χ3n) is 3.67. The monoisotopic (exact) mass is 381 g/mol. The molecule has 0 saturated carbocycles. The van der Waals surface area contributed by atoms with E-state index in [1.807, 2.05) is 13.8 Å². The van der Waals surface area contributed by atoms with Crippen LogP contribution in [0, 0.1) is 6.92 Å². The van der Waals surface area contributed by atoms with E-state index >= 15 is 0 Å². The maximum Gasteiger partial charge on any atom is 0.243 e. The Hall–Kier alpha value is -1.77. The average Bonchev–Trinajstić information content (AvgIpc) is 3.07. The second kappa shape index (κ2) is 9.07. The van der Waals surface area contributed by atoms with Gasteiger partial charge < -0.3 is 5.32 Å². The highest BCUT2D eigenvalue weighted by atomic mass is 32.2. The number of hydrogen-bond donors (Lipinski definition) is 1. The lowest BCUT2D eigenvalue weighted by molar-refractivity contribution is -0.116. The minimum Gasteiger partial charge on any atom is -0.301 e. The lowest BCUT2D eigenvalue weighted by Gasteiger charge is -2.21. The number of hydrogen-bond acceptors (Lipinski definition) is 5. The molecule has 2 rings (SSSR count). The van der Waals surface area contributed by atoms with Crippen molar-refractivity contribution in [2.45, 2.75) is 38.0 Å². The molecule has 2 aromatic rings. The highest BCUT2D eigenvalue weighted by molar-refractivity contribution is 7.89. The van der Waals surface area contributed by atoms with E-state index in [1.54, 1.807) is 35.8 Å². The van der Waals surface area contributed by atoms with Gasteiger partial charge in [-0.3, -0.25) is 4.79 Å². The minimum absolute atomic E-state index is 0.205. The van der Waals surface area contributed by atoms with Gasteiger partial charge in [0.05, 0.1) is 11.4 Å². The van der Waals surface area contributed by atoms with Crippen molar-refractivity contribution in [3.8, 4) is 0 Å². The van der Waals surface area contributed by atoms with Gasteiger partial charge in [-0.05, 0) is 25.5 Å². The van der Waals surface area contributed by atoms with Crippen LogP contribution < -0.4 is 5.32 Å². The van der Waals surface area contributed by atoms with E-state index in [-0.39, 0.29) is 17.3 Å². The van der Waals surface area contributed by atoms with Crippen molar-refractivity contribution < 1.29 is 13.2 Å². The molecular weight excluding hydrogens is 358 g/mol. The quantitative estimate of drug-likeness (QED) is 0.676. The second-order valence-corrected chi connectivity index (χ2v) is 8.58. The Morgan fingerprint density at radius 1 is 1.24 bits per heavy atom. The zero-order chi connectivity index (χ0) is 18.3. The lowest BCUT2D eigenvalue weighted by Crippen LogP contribution is -2.38. The fourth-order valence-electron chi connectivity index (χ4n) is 2.29. The molecule has 0 fully saturated rings. The summed E-state index contributed by atoms with van der Waals surface area (Å²) >= 11 is 1.29. The number of carbonyl (C=O) groups is 1. The molecule has 0 aliphatic rings. The molecule has 0 atom stereocenters. The van der Waals surface area contributed by atoms with Crippen LogP contribution in [0.15, 0.2) is 40.7 Å². The lowest BCUT2D eigenvalue weighted by atomic mass is 10.2. The third-order valence-corrected chi connectivity index (χ3v) is 6.22. The van der Waals surface area contributed by atoms with Crippen LogP contribution >= 0.6 is 11.3 Å². The van der Waals surface area contributed by atoms with Crippen LogP contribution in [0.25, 0.3) is 0 Å². The molecule has 0 aliphatic heterocycles. The first-order chi connectivity index (χ1) is 11.9. The van der Waals surface area contributed by atoms with Gasteiger partial charge >= 0.3 is 0 Å². The number of aromatic nitrogens is 1. The van der Waals surface area contributed by atoms with Gasteiger partial charge in [0.2, 0.25) is 15.9 Å². The zero-order valence-electron chi connectivity index (χ0n) is 14.4. The van der Waals surface area contributed by atoms with Gasteiger partial charge in [0.25, 0.3) is 0 Å². The van der Waals surface area contributed by atoms with E-state index in [1.165, 1.54) is 15.6 Å². The van der Waals surface area contributed by atoms with Crippen LogP contribution in [-0.4, -0.2) is 36.7 Å². The normalized spacial score (nSPS) is 11.6. The summed E-state index contributed by atoms with van der Waals surface area (Å²) in [5, 5.41) is 4.85. The van der Waals surface area contributed by atoms with Crippen molar-refractivity contribution in [3.05, 3.63) is 41.4 Å². The third kappa shape index (κ3) is 5.62. The summed E-state index contributed by atoms with van der Waals surface area (Å²) in [7, 11) is -3.72. The first kappa shape index (κ1) is 19.6. The number of unbranched alkanes of at least 4 members (excludes halogenated alkanes) is 2. The fraction of sp³-hybridized carbons (Fsp3) is 0.412. The smallest absolute Gasteiger partial charge is 0.243 e. The minimum atomic E-state index is -3.72. The van der Waals surface area contributed by atoms with Gasteiger partial charge in [0.15, 0.2) is 5.13 Å². The molecule has 136 valence electrons. The van der Waals surface area contributed by atoms with Crippen molar-refractivity contribution in [2.75, 3.05) is 18.4 Å². The molecule has 1 aromatic carbocycles. The Kier molecular flexibility index (Phi) is 7.10. The predicted molar refractivity (Wildman–Crippen MR) is 100 cm³/mol. The summed E-state index contributed by atoms with van der Waals surface area (Å²) in [4.78, 5) is 16.4. The number of carbonyl (C=O) groups excluding carboxylic acids is 1. The summed E-state index contributed by atoms with van der Waals surface area (Å²) in [6.07, 6.45) is 4.19. The summed E-state index contributed by atoms with van der Waals surface area (Å²) in [5.41, 5.74) is 0.984. The van der Waals surface area contributed by atoms with Gasteiger partial charge in [0, 0.05) is 18.1 Å². The summed E-state index contributed by atoms with van der Waals surface area (Å²) in [6, 6.07) is 6.67. The fourth-order valence-corrected chi connectivity index (χ4v) is 4.27. The number of sulfonamides is 1. The molecule has 0 saturated heterocycles. The number of thiazole rings is 1. The number of anilines is 1. The van der Waals surface area contributed by atoms with Gasteiger partial charge in [-0.15, -0.1) is 11.3 Å². The number of rotatable bonds is 9. The Balaban J connectivity index is 2.15. The summed E-state index contributed by atoms with van der Waals surface area (Å²) in [6.45, 7) is 4.04. The summed E-state index contributed by atoms with van der Waals surface area (Å²) < 4.78 is 27.1. The van der Waals surface area contributed by atoms with E-state index in [4.69, 9.17) is 0 Å². The number of nitrogens with one attached hydrogen (secondary N) is 1. The van der Waals surface area contributed by atoms with Crippen LogP contribution in [-0.2, 0) is 14.8 Å². The molecule has 0 radical (unpaired) electrons. The van der Waals surface area contributed by atoms with Crippen LogP contribution in [0.2, 0.25) is 0 Å². The molecule has 0 spiro atoms. The molecule has 0 bridgehead atoms. The Morgan fingerprint density at radius 2 is 1.96 bits per heavy atom. The number of nitrogens with zero attached hydrogens (tertiary/aromatic N) is 2. The largest absolute Gasteiger partial charge is 0.301 e. The van der Waals surface area contributed by atoms with E-state index in [2.05, 4.69) is 10.3 Å².